The Morgan fingerprint density at radius 3 is 2.69 bits per heavy atom. The molecular weight excluding hydrogens is 352 g/mol. The first-order valence-corrected chi connectivity index (χ1v) is 6.57. The summed E-state index contributed by atoms with van der Waals surface area (Å²) in [4.78, 5) is 4.60. The van der Waals surface area contributed by atoms with Gasteiger partial charge in [0.25, 0.3) is 0 Å². The van der Waals surface area contributed by atoms with E-state index in [-0.39, 0.29) is 17.0 Å². The van der Waals surface area contributed by atoms with Crippen LogP contribution in [0.4, 0.5) is 0 Å². The van der Waals surface area contributed by atoms with Crippen LogP contribution in [0.25, 0.3) is 11.3 Å². The van der Waals surface area contributed by atoms with Crippen LogP contribution in [0.3, 0.4) is 0 Å². The summed E-state index contributed by atoms with van der Waals surface area (Å²) in [5.74, 6) is 1.16. The van der Waals surface area contributed by atoms with Gasteiger partial charge in [-0.25, -0.2) is 4.98 Å². The van der Waals surface area contributed by atoms with E-state index >= 15 is 0 Å². The van der Waals surface area contributed by atoms with E-state index in [4.69, 9.17) is 0 Å². The molecule has 2 nitrogen and oxygen atoms in total. The van der Waals surface area contributed by atoms with E-state index in [1.165, 1.54) is 5.56 Å². The van der Waals surface area contributed by atoms with Crippen molar-refractivity contribution in [2.45, 2.75) is 11.7 Å². The summed E-state index contributed by atoms with van der Waals surface area (Å²) in [5.41, 5.74) is 2.26. The highest BCUT2D eigenvalue weighted by molar-refractivity contribution is 9.10. The number of aromatic nitrogens is 2. The first-order chi connectivity index (χ1) is 7.33. The topological polar surface area (TPSA) is 17.8 Å². The molecule has 0 atom stereocenters. The Labute approximate surface area is 117 Å². The predicted molar refractivity (Wildman–Crippen MR) is 76.4 cm³/mol. The van der Waals surface area contributed by atoms with E-state index in [1.807, 2.05) is 23.9 Å². The maximum atomic E-state index is 4.60. The van der Waals surface area contributed by atoms with Crippen molar-refractivity contribution in [2.75, 3.05) is 5.75 Å². The number of thioether (sulfide) groups is 1. The third-order valence-electron chi connectivity index (χ3n) is 2.44. The standard InChI is InChI=1S/C11H9BrN2S.BrH/c12-9-3-1-8(2-4-9)10-7-14-5-6-15-11(14)13-10;/h1-4,7H,5-6H2;1H. The van der Waals surface area contributed by atoms with Gasteiger partial charge in [0.1, 0.15) is 0 Å². The number of benzene rings is 1. The number of fused-ring (bicyclic) bond motifs is 1. The van der Waals surface area contributed by atoms with Crippen molar-refractivity contribution in [2.24, 2.45) is 0 Å². The van der Waals surface area contributed by atoms with Crippen molar-refractivity contribution in [3.63, 3.8) is 0 Å². The maximum Gasteiger partial charge on any atom is 0.168 e. The van der Waals surface area contributed by atoms with E-state index in [2.05, 4.69) is 43.8 Å². The molecule has 2 heterocycles. The Morgan fingerprint density at radius 1 is 1.25 bits per heavy atom. The number of hydrogen-bond donors (Lipinski definition) is 0. The van der Waals surface area contributed by atoms with Gasteiger partial charge in [-0.05, 0) is 12.1 Å². The Morgan fingerprint density at radius 2 is 2.00 bits per heavy atom. The molecule has 0 aliphatic carbocycles. The van der Waals surface area contributed by atoms with Crippen molar-refractivity contribution < 1.29 is 0 Å². The number of nitrogens with zero attached hydrogens (tertiary/aromatic N) is 2. The molecule has 0 radical (unpaired) electrons. The predicted octanol–water partition coefficient (Wildman–Crippen LogP) is 4.00. The van der Waals surface area contributed by atoms with Gasteiger partial charge < -0.3 is 4.57 Å². The van der Waals surface area contributed by atoms with Crippen LogP contribution in [0, 0.1) is 0 Å². The fraction of sp³-hybridized carbons (Fsp3) is 0.182. The van der Waals surface area contributed by atoms with Gasteiger partial charge in [0.05, 0.1) is 5.69 Å². The highest BCUT2D eigenvalue weighted by atomic mass is 79.9. The monoisotopic (exact) mass is 360 g/mol. The molecule has 0 spiro atoms. The lowest BCUT2D eigenvalue weighted by atomic mass is 10.2. The van der Waals surface area contributed by atoms with E-state index in [0.29, 0.717) is 0 Å². The van der Waals surface area contributed by atoms with Gasteiger partial charge in [-0.2, -0.15) is 0 Å². The zero-order valence-electron chi connectivity index (χ0n) is 8.39. The largest absolute Gasteiger partial charge is 0.325 e. The molecular formula is C11H10Br2N2S. The average Bonchev–Trinajstić information content (AvgIpc) is 2.78. The molecule has 0 saturated heterocycles. The second-order valence-electron chi connectivity index (χ2n) is 3.46. The molecule has 0 fully saturated rings. The first-order valence-electron chi connectivity index (χ1n) is 4.79. The molecule has 1 aliphatic rings. The fourth-order valence-corrected chi connectivity index (χ4v) is 2.88. The molecule has 1 aromatic carbocycles. The fourth-order valence-electron chi connectivity index (χ4n) is 1.67. The Bertz CT molecular complexity index is 472. The number of imidazole rings is 1. The lowest BCUT2D eigenvalue weighted by Gasteiger charge is -1.96. The van der Waals surface area contributed by atoms with Crippen molar-refractivity contribution in [1.82, 2.24) is 9.55 Å². The zero-order valence-corrected chi connectivity index (χ0v) is 12.5. The molecule has 5 heteroatoms. The molecule has 16 heavy (non-hydrogen) atoms. The van der Waals surface area contributed by atoms with Crippen LogP contribution in [-0.2, 0) is 6.54 Å². The normalized spacial score (nSPS) is 13.3. The Hall–Kier alpha value is -0.260. The second kappa shape index (κ2) is 4.94. The van der Waals surface area contributed by atoms with Crippen LogP contribution in [0.2, 0.25) is 0 Å². The molecule has 3 rings (SSSR count). The van der Waals surface area contributed by atoms with Gasteiger partial charge in [-0.3, -0.25) is 0 Å². The molecule has 0 N–H and O–H groups in total. The Balaban J connectivity index is 0.000000963. The lowest BCUT2D eigenvalue weighted by Crippen LogP contribution is -1.89. The van der Waals surface area contributed by atoms with Crippen LogP contribution in [0.15, 0.2) is 40.1 Å². The van der Waals surface area contributed by atoms with Gasteiger partial charge >= 0.3 is 0 Å². The molecule has 1 aliphatic heterocycles. The average molecular weight is 362 g/mol. The number of hydrogen-bond acceptors (Lipinski definition) is 2. The number of halogens is 2. The van der Waals surface area contributed by atoms with E-state index in [0.717, 1.165) is 27.6 Å². The van der Waals surface area contributed by atoms with E-state index < -0.39 is 0 Å². The van der Waals surface area contributed by atoms with Crippen LogP contribution in [0.5, 0.6) is 0 Å². The highest BCUT2D eigenvalue weighted by Gasteiger charge is 2.14. The maximum absolute atomic E-state index is 4.60. The minimum Gasteiger partial charge on any atom is -0.325 e. The Kier molecular flexibility index (Phi) is 3.77. The summed E-state index contributed by atoms with van der Waals surface area (Å²) in [6.07, 6.45) is 2.14. The lowest BCUT2D eigenvalue weighted by molar-refractivity contribution is 0.719. The molecule has 1 aromatic heterocycles. The molecule has 0 amide bonds. The van der Waals surface area contributed by atoms with Crippen LogP contribution >= 0.6 is 44.7 Å². The van der Waals surface area contributed by atoms with Crippen LogP contribution in [0.1, 0.15) is 0 Å². The van der Waals surface area contributed by atoms with Crippen molar-refractivity contribution >= 4 is 44.7 Å². The number of rotatable bonds is 1. The van der Waals surface area contributed by atoms with Gasteiger partial charge in [0.15, 0.2) is 5.16 Å². The summed E-state index contributed by atoms with van der Waals surface area (Å²) < 4.78 is 3.33. The molecule has 0 unspecified atom stereocenters. The molecule has 0 saturated carbocycles. The second-order valence-corrected chi connectivity index (χ2v) is 5.44. The minimum absolute atomic E-state index is 0. The summed E-state index contributed by atoms with van der Waals surface area (Å²) in [7, 11) is 0. The molecule has 84 valence electrons. The number of aryl methyl sites for hydroxylation is 1. The van der Waals surface area contributed by atoms with E-state index in [1.54, 1.807) is 0 Å². The third-order valence-corrected chi connectivity index (χ3v) is 3.94. The summed E-state index contributed by atoms with van der Waals surface area (Å²) >= 11 is 5.26. The van der Waals surface area contributed by atoms with Gasteiger partial charge in [0, 0.05) is 28.5 Å². The third kappa shape index (κ3) is 2.21. The smallest absolute Gasteiger partial charge is 0.168 e. The zero-order chi connectivity index (χ0) is 10.3. The summed E-state index contributed by atoms with van der Waals surface area (Å²) in [5, 5.41) is 1.15. The summed E-state index contributed by atoms with van der Waals surface area (Å²) in [6, 6.07) is 8.28. The SMILES string of the molecule is Br.Brc1ccc(-c2cn3c(n2)SCC3)cc1. The first kappa shape index (κ1) is 12.2. The van der Waals surface area contributed by atoms with Gasteiger partial charge in [-0.1, -0.05) is 39.8 Å². The quantitative estimate of drug-likeness (QED) is 0.764. The van der Waals surface area contributed by atoms with Crippen molar-refractivity contribution in [3.8, 4) is 11.3 Å². The highest BCUT2D eigenvalue weighted by Crippen LogP contribution is 2.29. The summed E-state index contributed by atoms with van der Waals surface area (Å²) in [6.45, 7) is 1.09. The van der Waals surface area contributed by atoms with Crippen LogP contribution in [-0.4, -0.2) is 15.3 Å². The van der Waals surface area contributed by atoms with Gasteiger partial charge in [0.2, 0.25) is 0 Å². The van der Waals surface area contributed by atoms with Crippen molar-refractivity contribution in [3.05, 3.63) is 34.9 Å². The molecule has 2 aromatic rings. The van der Waals surface area contributed by atoms with E-state index in [9.17, 15) is 0 Å². The minimum atomic E-state index is 0. The van der Waals surface area contributed by atoms with Crippen LogP contribution < -0.4 is 0 Å². The molecule has 0 bridgehead atoms. The van der Waals surface area contributed by atoms with Crippen molar-refractivity contribution in [1.29, 1.82) is 0 Å². The van der Waals surface area contributed by atoms with Gasteiger partial charge in [-0.15, -0.1) is 17.0 Å².